The SMILES string of the molecule is CC(C(=O)O)C1(O)CCC(C)(C)CC1. The van der Waals surface area contributed by atoms with Gasteiger partial charge in [0.1, 0.15) is 0 Å². The molecule has 0 heterocycles. The Labute approximate surface area is 85.1 Å². The van der Waals surface area contributed by atoms with Crippen molar-refractivity contribution in [2.24, 2.45) is 11.3 Å². The molecule has 3 nitrogen and oxygen atoms in total. The fourth-order valence-electron chi connectivity index (χ4n) is 2.02. The minimum Gasteiger partial charge on any atom is -0.481 e. The molecule has 14 heavy (non-hydrogen) atoms. The van der Waals surface area contributed by atoms with Crippen LogP contribution in [0.2, 0.25) is 0 Å². The van der Waals surface area contributed by atoms with Crippen LogP contribution in [0.3, 0.4) is 0 Å². The highest BCUT2D eigenvalue weighted by Gasteiger charge is 2.43. The lowest BCUT2D eigenvalue weighted by atomic mass is 9.67. The lowest BCUT2D eigenvalue weighted by Gasteiger charge is -2.42. The van der Waals surface area contributed by atoms with E-state index in [2.05, 4.69) is 13.8 Å². The van der Waals surface area contributed by atoms with Gasteiger partial charge in [-0.05, 0) is 38.0 Å². The van der Waals surface area contributed by atoms with Gasteiger partial charge in [-0.25, -0.2) is 0 Å². The number of aliphatic carboxylic acids is 1. The zero-order valence-corrected chi connectivity index (χ0v) is 9.21. The van der Waals surface area contributed by atoms with Gasteiger partial charge in [-0.2, -0.15) is 0 Å². The summed E-state index contributed by atoms with van der Waals surface area (Å²) in [7, 11) is 0. The van der Waals surface area contributed by atoms with E-state index in [1.54, 1.807) is 6.92 Å². The van der Waals surface area contributed by atoms with Crippen LogP contribution >= 0.6 is 0 Å². The number of hydrogen-bond acceptors (Lipinski definition) is 2. The number of carbonyl (C=O) groups is 1. The first kappa shape index (κ1) is 11.5. The van der Waals surface area contributed by atoms with Gasteiger partial charge in [0.2, 0.25) is 0 Å². The van der Waals surface area contributed by atoms with Crippen LogP contribution in [0.25, 0.3) is 0 Å². The van der Waals surface area contributed by atoms with Crippen LogP contribution in [-0.2, 0) is 4.79 Å². The second-order valence-corrected chi connectivity index (χ2v) is 5.33. The highest BCUT2D eigenvalue weighted by Crippen LogP contribution is 2.43. The Balaban J connectivity index is 2.66. The molecule has 1 fully saturated rings. The van der Waals surface area contributed by atoms with Crippen LogP contribution in [-0.4, -0.2) is 21.8 Å². The minimum absolute atomic E-state index is 0.254. The molecule has 0 aliphatic heterocycles. The van der Waals surface area contributed by atoms with Gasteiger partial charge in [-0.3, -0.25) is 4.79 Å². The fourth-order valence-corrected chi connectivity index (χ4v) is 2.02. The number of aliphatic hydroxyl groups is 1. The van der Waals surface area contributed by atoms with Crippen LogP contribution in [0.1, 0.15) is 46.5 Å². The quantitative estimate of drug-likeness (QED) is 0.717. The number of rotatable bonds is 2. The molecule has 1 aliphatic carbocycles. The molecule has 1 saturated carbocycles. The lowest BCUT2D eigenvalue weighted by molar-refractivity contribution is -0.155. The Morgan fingerprint density at radius 3 is 2.00 bits per heavy atom. The third kappa shape index (κ3) is 2.27. The zero-order chi connectivity index (χ0) is 11.0. The van der Waals surface area contributed by atoms with Gasteiger partial charge < -0.3 is 10.2 Å². The van der Waals surface area contributed by atoms with Gasteiger partial charge in [0.15, 0.2) is 0 Å². The maximum absolute atomic E-state index is 10.8. The molecule has 0 bridgehead atoms. The van der Waals surface area contributed by atoms with E-state index in [9.17, 15) is 9.90 Å². The average molecular weight is 200 g/mol. The molecule has 0 spiro atoms. The molecule has 82 valence electrons. The average Bonchev–Trinajstić information content (AvgIpc) is 2.09. The van der Waals surface area contributed by atoms with Crippen LogP contribution in [0.4, 0.5) is 0 Å². The monoisotopic (exact) mass is 200 g/mol. The molecule has 0 radical (unpaired) electrons. The summed E-state index contributed by atoms with van der Waals surface area (Å²) in [5, 5.41) is 19.0. The smallest absolute Gasteiger partial charge is 0.309 e. The largest absolute Gasteiger partial charge is 0.481 e. The van der Waals surface area contributed by atoms with Gasteiger partial charge >= 0.3 is 5.97 Å². The second kappa shape index (κ2) is 3.54. The Hall–Kier alpha value is -0.570. The maximum atomic E-state index is 10.8. The van der Waals surface area contributed by atoms with Crippen LogP contribution in [0.5, 0.6) is 0 Å². The Morgan fingerprint density at radius 2 is 1.64 bits per heavy atom. The Kier molecular flexibility index (Phi) is 2.91. The Bertz CT molecular complexity index is 223. The molecule has 1 rings (SSSR count). The molecule has 0 saturated heterocycles. The third-order valence-electron chi connectivity index (χ3n) is 3.65. The molecular formula is C11H20O3. The summed E-state index contributed by atoms with van der Waals surface area (Å²) in [6.45, 7) is 5.93. The molecule has 1 unspecified atom stereocenters. The molecule has 1 aliphatic rings. The molecular weight excluding hydrogens is 180 g/mol. The van der Waals surface area contributed by atoms with Gasteiger partial charge in [0.25, 0.3) is 0 Å². The standard InChI is InChI=1S/C11H20O3/c1-8(9(12)13)11(14)6-4-10(2,3)5-7-11/h8,14H,4-7H2,1-3H3,(H,12,13). The number of carboxylic acids is 1. The summed E-state index contributed by atoms with van der Waals surface area (Å²) >= 11 is 0. The predicted molar refractivity (Wildman–Crippen MR) is 54.0 cm³/mol. The number of hydrogen-bond donors (Lipinski definition) is 2. The van der Waals surface area contributed by atoms with Crippen molar-refractivity contribution in [1.82, 2.24) is 0 Å². The van der Waals surface area contributed by atoms with Crippen molar-refractivity contribution in [2.45, 2.75) is 52.1 Å². The van der Waals surface area contributed by atoms with Crippen molar-refractivity contribution in [3.63, 3.8) is 0 Å². The fraction of sp³-hybridized carbons (Fsp3) is 0.909. The molecule has 0 aromatic heterocycles. The van der Waals surface area contributed by atoms with E-state index in [1.165, 1.54) is 0 Å². The first-order chi connectivity index (χ1) is 6.27. The highest BCUT2D eigenvalue weighted by atomic mass is 16.4. The first-order valence-electron chi connectivity index (χ1n) is 5.22. The van der Waals surface area contributed by atoms with Gasteiger partial charge in [0.05, 0.1) is 11.5 Å². The van der Waals surface area contributed by atoms with E-state index >= 15 is 0 Å². The van der Waals surface area contributed by atoms with E-state index in [0.29, 0.717) is 12.8 Å². The molecule has 1 atom stereocenters. The third-order valence-corrected chi connectivity index (χ3v) is 3.65. The van der Waals surface area contributed by atoms with Crippen molar-refractivity contribution >= 4 is 5.97 Å². The first-order valence-corrected chi connectivity index (χ1v) is 5.22. The summed E-state index contributed by atoms with van der Waals surface area (Å²) in [6, 6.07) is 0. The van der Waals surface area contributed by atoms with E-state index < -0.39 is 17.5 Å². The number of carboxylic acid groups (broad SMARTS) is 1. The van der Waals surface area contributed by atoms with Crippen LogP contribution in [0.15, 0.2) is 0 Å². The summed E-state index contributed by atoms with van der Waals surface area (Å²) in [5.74, 6) is -1.55. The van der Waals surface area contributed by atoms with Crippen LogP contribution in [0, 0.1) is 11.3 Å². The lowest BCUT2D eigenvalue weighted by Crippen LogP contribution is -2.45. The summed E-state index contributed by atoms with van der Waals surface area (Å²) in [5.41, 5.74) is -0.730. The van der Waals surface area contributed by atoms with Crippen LogP contribution < -0.4 is 0 Å². The van der Waals surface area contributed by atoms with Crippen molar-refractivity contribution in [3.05, 3.63) is 0 Å². The van der Waals surface area contributed by atoms with Gasteiger partial charge in [-0.15, -0.1) is 0 Å². The summed E-state index contributed by atoms with van der Waals surface area (Å²) in [6.07, 6.45) is 3.02. The molecule has 0 amide bonds. The van der Waals surface area contributed by atoms with Gasteiger partial charge in [0, 0.05) is 0 Å². The molecule has 3 heteroatoms. The van der Waals surface area contributed by atoms with Crippen molar-refractivity contribution in [1.29, 1.82) is 0 Å². The molecule has 0 aromatic carbocycles. The highest BCUT2D eigenvalue weighted by molar-refractivity contribution is 5.71. The van der Waals surface area contributed by atoms with E-state index in [1.807, 2.05) is 0 Å². The van der Waals surface area contributed by atoms with Crippen molar-refractivity contribution < 1.29 is 15.0 Å². The van der Waals surface area contributed by atoms with Crippen molar-refractivity contribution in [3.8, 4) is 0 Å². The topological polar surface area (TPSA) is 57.5 Å². The maximum Gasteiger partial charge on any atom is 0.309 e. The van der Waals surface area contributed by atoms with E-state index in [0.717, 1.165) is 12.8 Å². The summed E-state index contributed by atoms with van der Waals surface area (Å²) in [4.78, 5) is 10.8. The second-order valence-electron chi connectivity index (χ2n) is 5.33. The van der Waals surface area contributed by atoms with Gasteiger partial charge in [-0.1, -0.05) is 13.8 Å². The van der Waals surface area contributed by atoms with E-state index in [-0.39, 0.29) is 5.41 Å². The zero-order valence-electron chi connectivity index (χ0n) is 9.21. The molecule has 0 aromatic rings. The Morgan fingerprint density at radius 1 is 1.21 bits per heavy atom. The predicted octanol–water partition coefficient (Wildman–Crippen LogP) is 2.04. The van der Waals surface area contributed by atoms with E-state index in [4.69, 9.17) is 5.11 Å². The minimum atomic E-state index is -0.985. The summed E-state index contributed by atoms with van der Waals surface area (Å²) < 4.78 is 0. The molecule has 2 N–H and O–H groups in total. The van der Waals surface area contributed by atoms with Crippen molar-refractivity contribution in [2.75, 3.05) is 0 Å². The normalized spacial score (nSPS) is 26.9.